The average molecular weight is 331 g/mol. The molecule has 1 aromatic heterocycles. The van der Waals surface area contributed by atoms with Crippen LogP contribution in [-0.2, 0) is 0 Å². The summed E-state index contributed by atoms with van der Waals surface area (Å²) in [6, 6.07) is 9.39. The van der Waals surface area contributed by atoms with Crippen LogP contribution in [0.25, 0.3) is 0 Å². The highest BCUT2D eigenvalue weighted by Gasteiger charge is 2.12. The number of thiophene rings is 1. The summed E-state index contributed by atoms with van der Waals surface area (Å²) in [5.74, 6) is 0. The highest BCUT2D eigenvalue weighted by molar-refractivity contribution is 7.80. The van der Waals surface area contributed by atoms with Crippen molar-refractivity contribution < 1.29 is 0 Å². The van der Waals surface area contributed by atoms with Gasteiger partial charge in [-0.15, -0.1) is 11.3 Å². The lowest BCUT2D eigenvalue weighted by molar-refractivity contribution is 0.907. The molecule has 1 aromatic carbocycles. The summed E-state index contributed by atoms with van der Waals surface area (Å²) in [5.41, 5.74) is 7.33. The van der Waals surface area contributed by atoms with Crippen LogP contribution in [0.5, 0.6) is 0 Å². The van der Waals surface area contributed by atoms with E-state index in [9.17, 15) is 0 Å². The lowest BCUT2D eigenvalue weighted by atomic mass is 10.1. The Morgan fingerprint density at radius 3 is 2.63 bits per heavy atom. The Hall–Kier alpha value is -0.810. The number of nitrogens with two attached hydrogens (primary N) is 1. The molecule has 0 saturated carbocycles. The molecule has 3 N–H and O–H groups in total. The van der Waals surface area contributed by atoms with Gasteiger partial charge in [-0.25, -0.2) is 0 Å². The predicted molar refractivity (Wildman–Crippen MR) is 88.7 cm³/mol. The van der Waals surface area contributed by atoms with Crippen LogP contribution in [-0.4, -0.2) is 4.99 Å². The molecule has 0 aliphatic heterocycles. The Morgan fingerprint density at radius 1 is 1.32 bits per heavy atom. The van der Waals surface area contributed by atoms with E-state index in [1.807, 2.05) is 31.2 Å². The maximum absolute atomic E-state index is 6.01. The molecule has 6 heteroatoms. The standard InChI is InChI=1S/C13H12Cl2N2S2/c1-7(11-4-5-12(15)19-11)17-10-6-8(14)2-3-9(10)13(16)18/h2-7,17H,1H3,(H2,16,18). The second-order valence-electron chi connectivity index (χ2n) is 4.06. The molecule has 0 aliphatic carbocycles. The first kappa shape index (κ1) is 14.6. The fourth-order valence-corrected chi connectivity index (χ4v) is 3.13. The first-order valence-corrected chi connectivity index (χ1v) is 7.56. The summed E-state index contributed by atoms with van der Waals surface area (Å²) in [7, 11) is 0. The van der Waals surface area contributed by atoms with Gasteiger partial charge in [0.05, 0.1) is 10.4 Å². The van der Waals surface area contributed by atoms with Gasteiger partial charge in [-0.1, -0.05) is 35.4 Å². The third-order valence-electron chi connectivity index (χ3n) is 2.64. The monoisotopic (exact) mass is 330 g/mol. The molecule has 19 heavy (non-hydrogen) atoms. The smallest absolute Gasteiger partial charge is 0.106 e. The molecule has 0 radical (unpaired) electrons. The number of hydrogen-bond acceptors (Lipinski definition) is 3. The molecular formula is C13H12Cl2N2S2. The van der Waals surface area contributed by atoms with Gasteiger partial charge in [0.15, 0.2) is 0 Å². The van der Waals surface area contributed by atoms with Gasteiger partial charge in [0.25, 0.3) is 0 Å². The van der Waals surface area contributed by atoms with Crippen molar-refractivity contribution >= 4 is 57.4 Å². The minimum Gasteiger partial charge on any atom is -0.389 e. The van der Waals surface area contributed by atoms with E-state index in [1.54, 1.807) is 6.07 Å². The molecule has 2 rings (SSSR count). The number of halogens is 2. The second-order valence-corrected chi connectivity index (χ2v) is 6.68. The molecule has 0 saturated heterocycles. The van der Waals surface area contributed by atoms with Crippen molar-refractivity contribution in [3.63, 3.8) is 0 Å². The third-order valence-corrected chi connectivity index (χ3v) is 4.51. The summed E-state index contributed by atoms with van der Waals surface area (Å²) in [6.45, 7) is 2.05. The molecule has 0 amide bonds. The van der Waals surface area contributed by atoms with Crippen molar-refractivity contribution in [2.24, 2.45) is 5.73 Å². The van der Waals surface area contributed by atoms with Gasteiger partial charge in [-0.2, -0.15) is 0 Å². The van der Waals surface area contributed by atoms with Crippen molar-refractivity contribution in [3.05, 3.63) is 50.1 Å². The van der Waals surface area contributed by atoms with E-state index in [2.05, 4.69) is 5.32 Å². The van der Waals surface area contributed by atoms with Gasteiger partial charge in [0, 0.05) is 21.2 Å². The number of nitrogens with one attached hydrogen (secondary N) is 1. The van der Waals surface area contributed by atoms with E-state index in [0.717, 1.165) is 20.5 Å². The first-order chi connectivity index (χ1) is 8.97. The fourth-order valence-electron chi connectivity index (χ4n) is 1.72. The topological polar surface area (TPSA) is 38.0 Å². The Kier molecular flexibility index (Phi) is 4.68. The lowest BCUT2D eigenvalue weighted by Gasteiger charge is -2.17. The van der Waals surface area contributed by atoms with E-state index < -0.39 is 0 Å². The number of anilines is 1. The van der Waals surface area contributed by atoms with E-state index in [1.165, 1.54) is 11.3 Å². The molecule has 1 unspecified atom stereocenters. The fraction of sp³-hybridized carbons (Fsp3) is 0.154. The molecular weight excluding hydrogens is 319 g/mol. The van der Waals surface area contributed by atoms with Crippen LogP contribution >= 0.6 is 46.8 Å². The van der Waals surface area contributed by atoms with Gasteiger partial charge in [-0.05, 0) is 37.3 Å². The van der Waals surface area contributed by atoms with Crippen LogP contribution < -0.4 is 11.1 Å². The SMILES string of the molecule is CC(Nc1cc(Cl)ccc1C(N)=S)c1ccc(Cl)s1. The molecule has 0 fully saturated rings. The number of benzene rings is 1. The van der Waals surface area contributed by atoms with Gasteiger partial charge in [0.2, 0.25) is 0 Å². The minimum absolute atomic E-state index is 0.101. The van der Waals surface area contributed by atoms with Crippen molar-refractivity contribution in [1.29, 1.82) is 0 Å². The minimum atomic E-state index is 0.101. The van der Waals surface area contributed by atoms with Crippen LogP contribution in [0.3, 0.4) is 0 Å². The third kappa shape index (κ3) is 3.60. The van der Waals surface area contributed by atoms with Crippen molar-refractivity contribution in [3.8, 4) is 0 Å². The zero-order chi connectivity index (χ0) is 14.0. The van der Waals surface area contributed by atoms with Crippen molar-refractivity contribution in [2.45, 2.75) is 13.0 Å². The zero-order valence-corrected chi connectivity index (χ0v) is 13.3. The Balaban J connectivity index is 2.27. The van der Waals surface area contributed by atoms with Crippen LogP contribution in [0.4, 0.5) is 5.69 Å². The van der Waals surface area contributed by atoms with Crippen molar-refractivity contribution in [1.82, 2.24) is 0 Å². The van der Waals surface area contributed by atoms with Gasteiger partial charge in [0.1, 0.15) is 4.99 Å². The Bertz CT molecular complexity index is 610. The van der Waals surface area contributed by atoms with Crippen LogP contribution in [0.1, 0.15) is 23.4 Å². The van der Waals surface area contributed by atoms with E-state index in [0.29, 0.717) is 10.0 Å². The molecule has 0 spiro atoms. The highest BCUT2D eigenvalue weighted by Crippen LogP contribution is 2.30. The highest BCUT2D eigenvalue weighted by atomic mass is 35.5. The summed E-state index contributed by atoms with van der Waals surface area (Å²) >= 11 is 18.5. The summed E-state index contributed by atoms with van der Waals surface area (Å²) in [5, 5.41) is 4.00. The number of hydrogen-bond donors (Lipinski definition) is 2. The normalized spacial score (nSPS) is 12.2. The number of rotatable bonds is 4. The van der Waals surface area contributed by atoms with Gasteiger partial charge >= 0.3 is 0 Å². The summed E-state index contributed by atoms with van der Waals surface area (Å²) in [6.07, 6.45) is 0. The van der Waals surface area contributed by atoms with E-state index >= 15 is 0 Å². The molecule has 100 valence electrons. The second kappa shape index (κ2) is 6.09. The quantitative estimate of drug-likeness (QED) is 0.786. The zero-order valence-electron chi connectivity index (χ0n) is 10.1. The lowest BCUT2D eigenvalue weighted by Crippen LogP contribution is -2.14. The molecule has 0 aliphatic rings. The first-order valence-electron chi connectivity index (χ1n) is 5.58. The predicted octanol–water partition coefficient (Wildman–Crippen LogP) is 4.86. The molecule has 2 aromatic rings. The van der Waals surface area contributed by atoms with Crippen LogP contribution in [0.2, 0.25) is 9.36 Å². The summed E-state index contributed by atoms with van der Waals surface area (Å²) < 4.78 is 0.768. The van der Waals surface area contributed by atoms with Crippen LogP contribution in [0.15, 0.2) is 30.3 Å². The largest absolute Gasteiger partial charge is 0.389 e. The Morgan fingerprint density at radius 2 is 2.05 bits per heavy atom. The molecule has 1 heterocycles. The van der Waals surface area contributed by atoms with E-state index in [-0.39, 0.29) is 6.04 Å². The van der Waals surface area contributed by atoms with E-state index in [4.69, 9.17) is 41.2 Å². The van der Waals surface area contributed by atoms with Gasteiger partial charge < -0.3 is 11.1 Å². The Labute approximate surface area is 131 Å². The molecule has 1 atom stereocenters. The van der Waals surface area contributed by atoms with Crippen molar-refractivity contribution in [2.75, 3.05) is 5.32 Å². The average Bonchev–Trinajstić information content (AvgIpc) is 2.75. The maximum Gasteiger partial charge on any atom is 0.106 e. The molecule has 2 nitrogen and oxygen atoms in total. The molecule has 0 bridgehead atoms. The maximum atomic E-state index is 6.01. The summed E-state index contributed by atoms with van der Waals surface area (Å²) in [4.78, 5) is 1.48. The number of thiocarbonyl (C=S) groups is 1. The van der Waals surface area contributed by atoms with Crippen LogP contribution in [0, 0.1) is 0 Å². The van der Waals surface area contributed by atoms with Gasteiger partial charge in [-0.3, -0.25) is 0 Å².